The summed E-state index contributed by atoms with van der Waals surface area (Å²) in [6.07, 6.45) is 2.35. The van der Waals surface area contributed by atoms with Crippen molar-refractivity contribution in [1.82, 2.24) is 4.90 Å². The largest absolute Gasteiger partial charge is 0.493 e. The molecule has 0 aliphatic carbocycles. The Morgan fingerprint density at radius 3 is 2.68 bits per heavy atom. The first-order chi connectivity index (χ1) is 11.5. The Bertz CT molecular complexity index is 623. The highest BCUT2D eigenvalue weighted by Crippen LogP contribution is 2.37. The lowest BCUT2D eigenvalue weighted by Crippen LogP contribution is -2.30. The van der Waals surface area contributed by atoms with Gasteiger partial charge in [-0.15, -0.1) is 12.4 Å². The van der Waals surface area contributed by atoms with Gasteiger partial charge in [0, 0.05) is 18.7 Å². The summed E-state index contributed by atoms with van der Waals surface area (Å²) in [5.74, 6) is -0.812. The molecule has 0 bridgehead atoms. The smallest absolute Gasteiger partial charge is 0.308 e. The minimum Gasteiger partial charge on any atom is -0.493 e. The number of aliphatic carboxylic acids is 1. The zero-order chi connectivity index (χ0) is 17.7. The third kappa shape index (κ3) is 5.16. The van der Waals surface area contributed by atoms with E-state index in [0.717, 1.165) is 12.8 Å². The zero-order valence-electron chi connectivity index (χ0n) is 14.3. The third-order valence-corrected chi connectivity index (χ3v) is 4.33. The number of hydrogen-bond donors (Lipinski definition) is 1. The van der Waals surface area contributed by atoms with Gasteiger partial charge in [-0.05, 0) is 25.0 Å². The Morgan fingerprint density at radius 1 is 1.40 bits per heavy atom. The second-order valence-corrected chi connectivity index (χ2v) is 6.17. The first-order valence-electron chi connectivity index (χ1n) is 8.00. The number of carboxylic acid groups (broad SMARTS) is 1. The van der Waals surface area contributed by atoms with E-state index in [1.54, 1.807) is 12.1 Å². The van der Waals surface area contributed by atoms with Gasteiger partial charge in [0.25, 0.3) is 5.91 Å². The summed E-state index contributed by atoms with van der Waals surface area (Å²) in [7, 11) is 1.49. The Balaban J connectivity index is 0.00000312. The number of likely N-dealkylation sites (tertiary alicyclic amines) is 1. The van der Waals surface area contributed by atoms with Crippen LogP contribution in [0.3, 0.4) is 0 Å². The van der Waals surface area contributed by atoms with Crippen LogP contribution in [0.4, 0.5) is 0 Å². The van der Waals surface area contributed by atoms with Gasteiger partial charge in [0.05, 0.1) is 24.7 Å². The molecular weight excluding hydrogens is 369 g/mol. The lowest BCUT2D eigenvalue weighted by Gasteiger charge is -2.18. The summed E-state index contributed by atoms with van der Waals surface area (Å²) in [5.41, 5.74) is 0.366. The van der Waals surface area contributed by atoms with Gasteiger partial charge in [0.1, 0.15) is 0 Å². The molecule has 1 amide bonds. The van der Waals surface area contributed by atoms with Crippen molar-refractivity contribution >= 4 is 35.9 Å². The third-order valence-electron chi connectivity index (χ3n) is 4.05. The maximum absolute atomic E-state index is 12.6. The highest BCUT2D eigenvalue weighted by molar-refractivity contribution is 6.32. The monoisotopic (exact) mass is 391 g/mol. The molecule has 1 aromatic carbocycles. The topological polar surface area (TPSA) is 76.1 Å². The van der Waals surface area contributed by atoms with Crippen LogP contribution < -0.4 is 9.47 Å². The maximum Gasteiger partial charge on any atom is 0.308 e. The van der Waals surface area contributed by atoms with E-state index in [2.05, 4.69) is 6.92 Å². The summed E-state index contributed by atoms with van der Waals surface area (Å²) in [4.78, 5) is 25.1. The van der Waals surface area contributed by atoms with Gasteiger partial charge >= 0.3 is 5.97 Å². The molecular formula is C17H23Cl2NO5. The molecule has 6 nitrogen and oxygen atoms in total. The van der Waals surface area contributed by atoms with Crippen LogP contribution >= 0.6 is 24.0 Å². The second kappa shape index (κ2) is 9.73. The molecule has 0 spiro atoms. The second-order valence-electron chi connectivity index (χ2n) is 5.77. The molecule has 2 rings (SSSR count). The first kappa shape index (κ1) is 21.4. The van der Waals surface area contributed by atoms with Gasteiger partial charge < -0.3 is 19.5 Å². The van der Waals surface area contributed by atoms with Crippen molar-refractivity contribution in [3.05, 3.63) is 22.7 Å². The molecule has 1 aliphatic rings. The van der Waals surface area contributed by atoms with Crippen molar-refractivity contribution in [1.29, 1.82) is 0 Å². The molecule has 1 atom stereocenters. The number of nitrogens with zero attached hydrogens (tertiary/aromatic N) is 1. The Hall–Kier alpha value is -1.66. The average Bonchev–Trinajstić information content (AvgIpc) is 3.05. The molecule has 1 aliphatic heterocycles. The van der Waals surface area contributed by atoms with Crippen LogP contribution in [0.25, 0.3) is 0 Å². The van der Waals surface area contributed by atoms with E-state index in [4.69, 9.17) is 26.2 Å². The van der Waals surface area contributed by atoms with Crippen molar-refractivity contribution in [2.24, 2.45) is 5.92 Å². The van der Waals surface area contributed by atoms with E-state index in [9.17, 15) is 9.59 Å². The van der Waals surface area contributed by atoms with Gasteiger partial charge in [0.15, 0.2) is 11.5 Å². The Kier molecular flexibility index (Phi) is 8.32. The van der Waals surface area contributed by atoms with Crippen LogP contribution in [0.5, 0.6) is 11.5 Å². The molecule has 8 heteroatoms. The quantitative estimate of drug-likeness (QED) is 0.719. The van der Waals surface area contributed by atoms with E-state index in [1.807, 2.05) is 0 Å². The number of hydrogen-bond acceptors (Lipinski definition) is 4. The SMILES string of the molecule is CCCCOc1c(Cl)cc(C(=O)N2CCC(C(=O)O)C2)cc1OC.Cl. The summed E-state index contributed by atoms with van der Waals surface area (Å²) in [6.45, 7) is 3.21. The highest BCUT2D eigenvalue weighted by atomic mass is 35.5. The number of methoxy groups -OCH3 is 1. The predicted octanol–water partition coefficient (Wildman–Crippen LogP) is 3.50. The van der Waals surface area contributed by atoms with Crippen molar-refractivity contribution in [3.8, 4) is 11.5 Å². The number of carboxylic acids is 1. The van der Waals surface area contributed by atoms with Crippen molar-refractivity contribution in [2.45, 2.75) is 26.2 Å². The summed E-state index contributed by atoms with van der Waals surface area (Å²) < 4.78 is 10.9. The normalized spacial score (nSPS) is 16.3. The van der Waals surface area contributed by atoms with Gasteiger partial charge in [0.2, 0.25) is 0 Å². The number of ether oxygens (including phenoxy) is 2. The predicted molar refractivity (Wildman–Crippen MR) is 97.3 cm³/mol. The molecule has 0 aromatic heterocycles. The van der Waals surface area contributed by atoms with Crippen LogP contribution in [0.1, 0.15) is 36.5 Å². The Morgan fingerprint density at radius 2 is 2.12 bits per heavy atom. The number of benzene rings is 1. The van der Waals surface area contributed by atoms with E-state index < -0.39 is 11.9 Å². The van der Waals surface area contributed by atoms with Crippen LogP contribution in [0.15, 0.2) is 12.1 Å². The lowest BCUT2D eigenvalue weighted by atomic mass is 10.1. The maximum atomic E-state index is 12.6. The zero-order valence-corrected chi connectivity index (χ0v) is 15.9. The minimum absolute atomic E-state index is 0. The van der Waals surface area contributed by atoms with Gasteiger partial charge in [-0.1, -0.05) is 24.9 Å². The van der Waals surface area contributed by atoms with Gasteiger partial charge in [-0.2, -0.15) is 0 Å². The fourth-order valence-electron chi connectivity index (χ4n) is 2.63. The van der Waals surface area contributed by atoms with Gasteiger partial charge in [-0.25, -0.2) is 0 Å². The summed E-state index contributed by atoms with van der Waals surface area (Å²) in [6, 6.07) is 3.13. The number of rotatable bonds is 7. The number of halogens is 2. The van der Waals surface area contributed by atoms with Crippen LogP contribution in [0.2, 0.25) is 5.02 Å². The van der Waals surface area contributed by atoms with Crippen LogP contribution in [-0.2, 0) is 4.79 Å². The molecule has 1 heterocycles. The standard InChI is InChI=1S/C17H22ClNO5.ClH/c1-3-4-7-24-15-13(18)8-12(9-14(15)23-2)16(20)19-6-5-11(10-19)17(21)22;/h8-9,11H,3-7,10H2,1-2H3,(H,21,22);1H. The molecule has 140 valence electrons. The van der Waals surface area contributed by atoms with Crippen molar-refractivity contribution < 1.29 is 24.2 Å². The summed E-state index contributed by atoms with van der Waals surface area (Å²) in [5, 5.41) is 9.36. The fraction of sp³-hybridized carbons (Fsp3) is 0.529. The molecule has 0 saturated carbocycles. The highest BCUT2D eigenvalue weighted by Gasteiger charge is 2.31. The Labute approximate surface area is 158 Å². The molecule has 0 radical (unpaired) electrons. The molecule has 1 fully saturated rings. The first-order valence-corrected chi connectivity index (χ1v) is 8.38. The van der Waals surface area contributed by atoms with E-state index in [1.165, 1.54) is 12.0 Å². The van der Waals surface area contributed by atoms with Crippen LogP contribution in [0, 0.1) is 5.92 Å². The minimum atomic E-state index is -0.874. The van der Waals surface area contributed by atoms with Crippen molar-refractivity contribution in [2.75, 3.05) is 26.8 Å². The van der Waals surface area contributed by atoms with Crippen LogP contribution in [-0.4, -0.2) is 48.7 Å². The number of carbonyl (C=O) groups excluding carboxylic acids is 1. The molecule has 1 unspecified atom stereocenters. The molecule has 1 saturated heterocycles. The number of unbranched alkanes of at least 4 members (excludes halogenated alkanes) is 1. The summed E-state index contributed by atoms with van der Waals surface area (Å²) >= 11 is 6.25. The van der Waals surface area contributed by atoms with E-state index >= 15 is 0 Å². The fourth-order valence-corrected chi connectivity index (χ4v) is 2.90. The lowest BCUT2D eigenvalue weighted by molar-refractivity contribution is -0.141. The van der Waals surface area contributed by atoms with E-state index in [-0.39, 0.29) is 24.9 Å². The molecule has 1 N–H and O–H groups in total. The van der Waals surface area contributed by atoms with Gasteiger partial charge in [-0.3, -0.25) is 9.59 Å². The number of carbonyl (C=O) groups is 2. The average molecular weight is 392 g/mol. The number of amides is 1. The van der Waals surface area contributed by atoms with Crippen molar-refractivity contribution in [3.63, 3.8) is 0 Å². The molecule has 25 heavy (non-hydrogen) atoms. The molecule has 1 aromatic rings. The van der Waals surface area contributed by atoms with E-state index in [0.29, 0.717) is 41.7 Å².